The van der Waals surface area contributed by atoms with Gasteiger partial charge in [-0.25, -0.2) is 9.59 Å². The number of rotatable bonds is 5. The molecule has 5 nitrogen and oxygen atoms in total. The predicted molar refractivity (Wildman–Crippen MR) is 97.1 cm³/mol. The van der Waals surface area contributed by atoms with Gasteiger partial charge in [0.2, 0.25) is 0 Å². The number of nitrogens with one attached hydrogen (secondary N) is 2. The molecule has 0 saturated carbocycles. The monoisotopic (exact) mass is 390 g/mol. The summed E-state index contributed by atoms with van der Waals surface area (Å²) in [6.07, 6.45) is 0. The van der Waals surface area contributed by atoms with Crippen LogP contribution in [0.3, 0.4) is 0 Å². The maximum absolute atomic E-state index is 12.2. The van der Waals surface area contributed by atoms with Gasteiger partial charge in [0.05, 0.1) is 23.9 Å². The first-order valence-electron chi connectivity index (χ1n) is 7.60. The van der Waals surface area contributed by atoms with Gasteiger partial charge in [-0.05, 0) is 43.7 Å². The number of urea groups is 1. The van der Waals surface area contributed by atoms with Gasteiger partial charge in [0.25, 0.3) is 0 Å². The molecule has 0 aliphatic rings. The summed E-state index contributed by atoms with van der Waals surface area (Å²) in [5.74, 6) is -0.464. The Morgan fingerprint density at radius 1 is 1.12 bits per heavy atom. The number of benzene rings is 2. The van der Waals surface area contributed by atoms with E-state index in [0.29, 0.717) is 11.3 Å². The van der Waals surface area contributed by atoms with Crippen molar-refractivity contribution in [3.8, 4) is 0 Å². The fourth-order valence-electron chi connectivity index (χ4n) is 2.17. The van der Waals surface area contributed by atoms with E-state index in [2.05, 4.69) is 26.6 Å². The molecule has 0 spiro atoms. The summed E-state index contributed by atoms with van der Waals surface area (Å²) in [4.78, 5) is 24.1. The van der Waals surface area contributed by atoms with E-state index in [-0.39, 0.29) is 18.7 Å². The SMILES string of the molecule is CCOC(=O)c1ccccc1NC(=O)NC(C)c1ccc(Br)cc1. The fraction of sp³-hybridized carbons (Fsp3) is 0.222. The highest BCUT2D eigenvalue weighted by molar-refractivity contribution is 9.10. The number of hydrogen-bond acceptors (Lipinski definition) is 3. The molecule has 1 atom stereocenters. The number of para-hydroxylation sites is 1. The summed E-state index contributed by atoms with van der Waals surface area (Å²) in [5, 5.41) is 5.55. The summed E-state index contributed by atoms with van der Waals surface area (Å²) < 4.78 is 5.97. The number of ether oxygens (including phenoxy) is 1. The Bertz CT molecular complexity index is 716. The van der Waals surface area contributed by atoms with Crippen LogP contribution in [-0.2, 0) is 4.74 Å². The quantitative estimate of drug-likeness (QED) is 0.737. The third-order valence-electron chi connectivity index (χ3n) is 3.39. The number of amides is 2. The van der Waals surface area contributed by atoms with Gasteiger partial charge in [0, 0.05) is 4.47 Å². The zero-order valence-electron chi connectivity index (χ0n) is 13.5. The van der Waals surface area contributed by atoms with Crippen LogP contribution in [0.5, 0.6) is 0 Å². The molecule has 2 rings (SSSR count). The van der Waals surface area contributed by atoms with E-state index >= 15 is 0 Å². The van der Waals surface area contributed by atoms with Crippen LogP contribution in [0, 0.1) is 0 Å². The Morgan fingerprint density at radius 3 is 2.46 bits per heavy atom. The molecule has 0 heterocycles. The molecule has 2 aromatic rings. The number of anilines is 1. The highest BCUT2D eigenvalue weighted by Gasteiger charge is 2.15. The van der Waals surface area contributed by atoms with E-state index in [9.17, 15) is 9.59 Å². The van der Waals surface area contributed by atoms with Crippen LogP contribution in [-0.4, -0.2) is 18.6 Å². The standard InChI is InChI=1S/C18H19BrN2O3/c1-3-24-17(22)15-6-4-5-7-16(15)21-18(23)20-12(2)13-8-10-14(19)11-9-13/h4-12H,3H2,1-2H3,(H2,20,21,23). The number of carbonyl (C=O) groups excluding carboxylic acids is 2. The lowest BCUT2D eigenvalue weighted by Crippen LogP contribution is -2.31. The van der Waals surface area contributed by atoms with Crippen molar-refractivity contribution in [1.82, 2.24) is 5.32 Å². The van der Waals surface area contributed by atoms with Gasteiger partial charge in [-0.2, -0.15) is 0 Å². The van der Waals surface area contributed by atoms with Crippen LogP contribution in [0.1, 0.15) is 35.8 Å². The third kappa shape index (κ3) is 4.83. The normalized spacial score (nSPS) is 11.5. The molecule has 2 N–H and O–H groups in total. The van der Waals surface area contributed by atoms with Crippen LogP contribution >= 0.6 is 15.9 Å². The molecule has 0 aromatic heterocycles. The van der Waals surface area contributed by atoms with E-state index < -0.39 is 5.97 Å². The van der Waals surface area contributed by atoms with Gasteiger partial charge in [-0.3, -0.25) is 0 Å². The largest absolute Gasteiger partial charge is 0.462 e. The molecule has 0 fully saturated rings. The van der Waals surface area contributed by atoms with Gasteiger partial charge in [-0.15, -0.1) is 0 Å². The Balaban J connectivity index is 2.04. The molecule has 1 unspecified atom stereocenters. The number of halogens is 1. The molecule has 2 aromatic carbocycles. The maximum Gasteiger partial charge on any atom is 0.340 e. The van der Waals surface area contributed by atoms with Crippen molar-refractivity contribution in [3.63, 3.8) is 0 Å². The lowest BCUT2D eigenvalue weighted by atomic mass is 10.1. The van der Waals surface area contributed by atoms with Crippen LogP contribution < -0.4 is 10.6 Å². The lowest BCUT2D eigenvalue weighted by Gasteiger charge is -2.16. The van der Waals surface area contributed by atoms with Gasteiger partial charge >= 0.3 is 12.0 Å². The summed E-state index contributed by atoms with van der Waals surface area (Å²) in [5.41, 5.74) is 1.72. The summed E-state index contributed by atoms with van der Waals surface area (Å²) in [7, 11) is 0. The average Bonchev–Trinajstić information content (AvgIpc) is 2.56. The highest BCUT2D eigenvalue weighted by atomic mass is 79.9. The summed E-state index contributed by atoms with van der Waals surface area (Å²) in [6.45, 7) is 3.90. The second kappa shape index (κ2) is 8.49. The number of esters is 1. The van der Waals surface area contributed by atoms with E-state index in [1.54, 1.807) is 31.2 Å². The van der Waals surface area contributed by atoms with Gasteiger partial charge in [0.15, 0.2) is 0 Å². The Kier molecular flexibility index (Phi) is 6.37. The van der Waals surface area contributed by atoms with Crippen molar-refractivity contribution in [1.29, 1.82) is 0 Å². The zero-order valence-corrected chi connectivity index (χ0v) is 15.1. The molecule has 0 radical (unpaired) electrons. The van der Waals surface area contributed by atoms with Crippen LogP contribution in [0.15, 0.2) is 53.0 Å². The van der Waals surface area contributed by atoms with Crippen molar-refractivity contribution in [2.24, 2.45) is 0 Å². The minimum Gasteiger partial charge on any atom is -0.462 e. The van der Waals surface area contributed by atoms with Crippen LogP contribution in [0.4, 0.5) is 10.5 Å². The predicted octanol–water partition coefficient (Wildman–Crippen LogP) is 4.51. The first-order chi connectivity index (χ1) is 11.5. The maximum atomic E-state index is 12.2. The van der Waals surface area contributed by atoms with Gasteiger partial charge in [0.1, 0.15) is 0 Å². The first-order valence-corrected chi connectivity index (χ1v) is 8.39. The van der Waals surface area contributed by atoms with E-state index in [1.165, 1.54) is 0 Å². The minimum atomic E-state index is -0.464. The van der Waals surface area contributed by atoms with Gasteiger partial charge < -0.3 is 15.4 Å². The van der Waals surface area contributed by atoms with Gasteiger partial charge in [-0.1, -0.05) is 40.2 Å². The fourth-order valence-corrected chi connectivity index (χ4v) is 2.43. The highest BCUT2D eigenvalue weighted by Crippen LogP contribution is 2.18. The zero-order chi connectivity index (χ0) is 17.5. The first kappa shape index (κ1) is 18.0. The smallest absolute Gasteiger partial charge is 0.340 e. The molecule has 0 bridgehead atoms. The van der Waals surface area contributed by atoms with E-state index in [1.807, 2.05) is 31.2 Å². The van der Waals surface area contributed by atoms with Crippen molar-refractivity contribution >= 4 is 33.6 Å². The van der Waals surface area contributed by atoms with Crippen molar-refractivity contribution in [3.05, 3.63) is 64.1 Å². The number of carbonyl (C=O) groups is 2. The Labute approximate surface area is 149 Å². The van der Waals surface area contributed by atoms with Crippen molar-refractivity contribution < 1.29 is 14.3 Å². The summed E-state index contributed by atoms with van der Waals surface area (Å²) in [6, 6.07) is 13.9. The van der Waals surface area contributed by atoms with Crippen LogP contribution in [0.2, 0.25) is 0 Å². The van der Waals surface area contributed by atoms with Crippen molar-refractivity contribution in [2.75, 3.05) is 11.9 Å². The Hall–Kier alpha value is -2.34. The molecular weight excluding hydrogens is 372 g/mol. The average molecular weight is 391 g/mol. The molecule has 24 heavy (non-hydrogen) atoms. The second-order valence-corrected chi connectivity index (χ2v) is 6.05. The Morgan fingerprint density at radius 2 is 1.79 bits per heavy atom. The molecule has 0 saturated heterocycles. The second-order valence-electron chi connectivity index (χ2n) is 5.14. The minimum absolute atomic E-state index is 0.173. The van der Waals surface area contributed by atoms with E-state index in [4.69, 9.17) is 4.74 Å². The molecule has 0 aliphatic carbocycles. The van der Waals surface area contributed by atoms with Crippen molar-refractivity contribution in [2.45, 2.75) is 19.9 Å². The molecule has 2 amide bonds. The third-order valence-corrected chi connectivity index (χ3v) is 3.92. The van der Waals surface area contributed by atoms with Crippen LogP contribution in [0.25, 0.3) is 0 Å². The number of hydrogen-bond donors (Lipinski definition) is 2. The summed E-state index contributed by atoms with van der Waals surface area (Å²) >= 11 is 3.38. The molecular formula is C18H19BrN2O3. The topological polar surface area (TPSA) is 67.4 Å². The molecule has 126 valence electrons. The molecule has 6 heteroatoms. The lowest BCUT2D eigenvalue weighted by molar-refractivity contribution is 0.0527. The molecule has 0 aliphatic heterocycles. The van der Waals surface area contributed by atoms with E-state index in [0.717, 1.165) is 10.0 Å².